The van der Waals surface area contributed by atoms with E-state index in [4.69, 9.17) is 4.74 Å². The number of ether oxygens (including phenoxy) is 1. The Labute approximate surface area is 166 Å². The maximum Gasteiger partial charge on any atom is 0.310 e. The molecule has 0 heterocycles. The third kappa shape index (κ3) is 9.12. The molecule has 0 aromatic heterocycles. The van der Waals surface area contributed by atoms with Gasteiger partial charge in [0.05, 0.1) is 11.8 Å². The van der Waals surface area contributed by atoms with Crippen LogP contribution in [0.3, 0.4) is 0 Å². The Balaban J connectivity index is 2.71. The van der Waals surface area contributed by atoms with E-state index in [0.717, 1.165) is 44.9 Å². The van der Waals surface area contributed by atoms with Gasteiger partial charge in [0.15, 0.2) is 0 Å². The molecule has 158 valence electrons. The largest absolute Gasteiger partial charge is 0.481 e. The summed E-state index contributed by atoms with van der Waals surface area (Å²) in [7, 11) is 0. The molecule has 4 nitrogen and oxygen atoms in total. The third-order valence-electron chi connectivity index (χ3n) is 6.12. The van der Waals surface area contributed by atoms with Gasteiger partial charge in [0.1, 0.15) is 6.10 Å². The molecule has 1 rings (SSSR count). The molecule has 1 aliphatic rings. The molecule has 4 atom stereocenters. The zero-order valence-electron chi connectivity index (χ0n) is 18.0. The Bertz CT molecular complexity index is 432. The number of carboxylic acids is 1. The van der Waals surface area contributed by atoms with Crippen molar-refractivity contribution in [3.8, 4) is 0 Å². The van der Waals surface area contributed by atoms with Gasteiger partial charge in [-0.25, -0.2) is 0 Å². The lowest BCUT2D eigenvalue weighted by molar-refractivity contribution is -0.164. The third-order valence-corrected chi connectivity index (χ3v) is 6.12. The second-order valence-electron chi connectivity index (χ2n) is 8.87. The van der Waals surface area contributed by atoms with Crippen molar-refractivity contribution >= 4 is 11.9 Å². The number of carbonyl (C=O) groups is 2. The molecule has 0 aromatic rings. The number of esters is 1. The summed E-state index contributed by atoms with van der Waals surface area (Å²) in [5.74, 6) is -0.893. The Morgan fingerprint density at radius 2 is 1.67 bits per heavy atom. The van der Waals surface area contributed by atoms with Crippen LogP contribution in [0.5, 0.6) is 0 Å². The van der Waals surface area contributed by atoms with Gasteiger partial charge in [0, 0.05) is 0 Å². The predicted molar refractivity (Wildman–Crippen MR) is 110 cm³/mol. The normalized spacial score (nSPS) is 22.4. The molecule has 4 unspecified atom stereocenters. The van der Waals surface area contributed by atoms with E-state index in [9.17, 15) is 14.7 Å². The first-order valence-corrected chi connectivity index (χ1v) is 11.3. The summed E-state index contributed by atoms with van der Waals surface area (Å²) >= 11 is 0. The monoisotopic (exact) mass is 382 g/mol. The maximum absolute atomic E-state index is 12.8. The van der Waals surface area contributed by atoms with Crippen LogP contribution < -0.4 is 0 Å². The van der Waals surface area contributed by atoms with Gasteiger partial charge in [0.25, 0.3) is 0 Å². The highest BCUT2D eigenvalue weighted by Gasteiger charge is 2.37. The first-order chi connectivity index (χ1) is 12.9. The minimum Gasteiger partial charge on any atom is -0.481 e. The minimum absolute atomic E-state index is 0.0607. The topological polar surface area (TPSA) is 63.6 Å². The van der Waals surface area contributed by atoms with Crippen LogP contribution in [0.1, 0.15) is 105 Å². The van der Waals surface area contributed by atoms with E-state index in [0.29, 0.717) is 24.7 Å². The van der Waals surface area contributed by atoms with Crippen LogP contribution >= 0.6 is 0 Å². The molecule has 1 saturated carbocycles. The van der Waals surface area contributed by atoms with Crippen molar-refractivity contribution in [2.75, 3.05) is 0 Å². The fourth-order valence-corrected chi connectivity index (χ4v) is 4.29. The van der Waals surface area contributed by atoms with Gasteiger partial charge in [-0.15, -0.1) is 0 Å². The zero-order chi connectivity index (χ0) is 20.2. The molecule has 0 spiro atoms. The van der Waals surface area contributed by atoms with Gasteiger partial charge in [0.2, 0.25) is 0 Å². The van der Waals surface area contributed by atoms with Crippen LogP contribution in [0.15, 0.2) is 0 Å². The van der Waals surface area contributed by atoms with Crippen LogP contribution in [-0.2, 0) is 14.3 Å². The lowest BCUT2D eigenvalue weighted by atomic mass is 9.79. The fraction of sp³-hybridized carbons (Fsp3) is 0.913. The molecule has 0 amide bonds. The SMILES string of the molecule is CCCCC(CC)CC(CCCC(C)C)OC(=O)C1CCCCC1C(=O)O. The van der Waals surface area contributed by atoms with Crippen LogP contribution in [0.25, 0.3) is 0 Å². The van der Waals surface area contributed by atoms with Crippen molar-refractivity contribution in [1.29, 1.82) is 0 Å². The number of hydrogen-bond donors (Lipinski definition) is 1. The molecule has 4 heteroatoms. The van der Waals surface area contributed by atoms with Crippen molar-refractivity contribution < 1.29 is 19.4 Å². The molecule has 1 fully saturated rings. The molecule has 0 bridgehead atoms. The van der Waals surface area contributed by atoms with E-state index < -0.39 is 17.8 Å². The molecule has 1 aliphatic carbocycles. The lowest BCUT2D eigenvalue weighted by Crippen LogP contribution is -2.36. The highest BCUT2D eigenvalue weighted by molar-refractivity contribution is 5.81. The number of unbranched alkanes of at least 4 members (excludes halogenated alkanes) is 1. The standard InChI is InChI=1S/C23H42O4/c1-5-7-12-18(6-2)16-19(13-10-11-17(3)4)27-23(26)21-15-9-8-14-20(21)22(24)25/h17-21H,5-16H2,1-4H3,(H,24,25). The summed E-state index contributed by atoms with van der Waals surface area (Å²) in [4.78, 5) is 24.4. The molecular weight excluding hydrogens is 340 g/mol. The van der Waals surface area contributed by atoms with E-state index in [-0.39, 0.29) is 12.1 Å². The lowest BCUT2D eigenvalue weighted by Gasteiger charge is -2.30. The molecule has 0 radical (unpaired) electrons. The van der Waals surface area contributed by atoms with Gasteiger partial charge in [-0.05, 0) is 43.9 Å². The Morgan fingerprint density at radius 1 is 1.00 bits per heavy atom. The number of carbonyl (C=O) groups excluding carboxylic acids is 1. The first-order valence-electron chi connectivity index (χ1n) is 11.3. The van der Waals surface area contributed by atoms with Gasteiger partial charge >= 0.3 is 11.9 Å². The Kier molecular flexibility index (Phi) is 11.7. The van der Waals surface area contributed by atoms with Crippen molar-refractivity contribution in [2.45, 2.75) is 111 Å². The van der Waals surface area contributed by atoms with E-state index in [1.807, 2.05) is 0 Å². The van der Waals surface area contributed by atoms with Crippen molar-refractivity contribution in [2.24, 2.45) is 23.7 Å². The van der Waals surface area contributed by atoms with Gasteiger partial charge in [-0.2, -0.15) is 0 Å². The molecule has 27 heavy (non-hydrogen) atoms. The molecule has 1 N–H and O–H groups in total. The Hall–Kier alpha value is -1.06. The summed E-state index contributed by atoms with van der Waals surface area (Å²) in [6.45, 7) is 8.87. The van der Waals surface area contributed by atoms with E-state index in [1.54, 1.807) is 0 Å². The van der Waals surface area contributed by atoms with Crippen LogP contribution in [0.4, 0.5) is 0 Å². The van der Waals surface area contributed by atoms with Crippen molar-refractivity contribution in [3.63, 3.8) is 0 Å². The average Bonchev–Trinajstić information content (AvgIpc) is 2.64. The zero-order valence-corrected chi connectivity index (χ0v) is 18.0. The summed E-state index contributed by atoms with van der Waals surface area (Å²) < 4.78 is 5.96. The van der Waals surface area contributed by atoms with Gasteiger partial charge in [-0.3, -0.25) is 9.59 Å². The van der Waals surface area contributed by atoms with E-state index >= 15 is 0 Å². The van der Waals surface area contributed by atoms with E-state index in [1.165, 1.54) is 19.3 Å². The smallest absolute Gasteiger partial charge is 0.310 e. The summed E-state index contributed by atoms with van der Waals surface area (Å²) in [6, 6.07) is 0. The molecule has 0 aliphatic heterocycles. The second-order valence-corrected chi connectivity index (χ2v) is 8.87. The van der Waals surface area contributed by atoms with Crippen LogP contribution in [-0.4, -0.2) is 23.1 Å². The molecule has 0 aromatic carbocycles. The summed E-state index contributed by atoms with van der Waals surface area (Å²) in [5, 5.41) is 9.47. The van der Waals surface area contributed by atoms with Crippen LogP contribution in [0.2, 0.25) is 0 Å². The number of aliphatic carboxylic acids is 1. The first kappa shape index (κ1) is 24.0. The molecular formula is C23H42O4. The highest BCUT2D eigenvalue weighted by atomic mass is 16.5. The molecule has 0 saturated heterocycles. The summed E-state index contributed by atoms with van der Waals surface area (Å²) in [5.41, 5.74) is 0. The predicted octanol–water partition coefficient (Wildman–Crippen LogP) is 6.22. The second kappa shape index (κ2) is 13.2. The fourth-order valence-electron chi connectivity index (χ4n) is 4.29. The van der Waals surface area contributed by atoms with Crippen LogP contribution in [0, 0.1) is 23.7 Å². The average molecular weight is 383 g/mol. The number of hydrogen-bond acceptors (Lipinski definition) is 3. The quantitative estimate of drug-likeness (QED) is 0.384. The minimum atomic E-state index is -0.845. The van der Waals surface area contributed by atoms with Gasteiger partial charge in [-0.1, -0.05) is 72.6 Å². The Morgan fingerprint density at radius 3 is 2.22 bits per heavy atom. The van der Waals surface area contributed by atoms with Crippen molar-refractivity contribution in [1.82, 2.24) is 0 Å². The number of rotatable bonds is 13. The highest BCUT2D eigenvalue weighted by Crippen LogP contribution is 2.32. The number of carboxylic acid groups (broad SMARTS) is 1. The van der Waals surface area contributed by atoms with Gasteiger partial charge < -0.3 is 9.84 Å². The summed E-state index contributed by atoms with van der Waals surface area (Å²) in [6.07, 6.45) is 11.7. The maximum atomic E-state index is 12.8. The van der Waals surface area contributed by atoms with E-state index in [2.05, 4.69) is 27.7 Å². The van der Waals surface area contributed by atoms with Crippen molar-refractivity contribution in [3.05, 3.63) is 0 Å².